The Morgan fingerprint density at radius 3 is 2.37 bits per heavy atom. The van der Waals surface area contributed by atoms with Gasteiger partial charge in [0.05, 0.1) is 0 Å². The summed E-state index contributed by atoms with van der Waals surface area (Å²) in [5, 5.41) is 4.32. The molecule has 0 saturated heterocycles. The van der Waals surface area contributed by atoms with E-state index in [1.54, 1.807) is 0 Å². The average molecular weight is 283 g/mol. The van der Waals surface area contributed by atoms with Crippen LogP contribution in [0.1, 0.15) is 45.2 Å². The Morgan fingerprint density at radius 2 is 1.84 bits per heavy atom. The summed E-state index contributed by atoms with van der Waals surface area (Å²) >= 11 is 5.95. The normalized spacial score (nSPS) is 14.6. The molecule has 2 nitrogen and oxygen atoms in total. The lowest BCUT2D eigenvalue weighted by Crippen LogP contribution is -2.41. The third-order valence-electron chi connectivity index (χ3n) is 3.82. The van der Waals surface area contributed by atoms with Gasteiger partial charge < -0.3 is 5.32 Å². The van der Waals surface area contributed by atoms with Crippen molar-refractivity contribution >= 4 is 11.6 Å². The summed E-state index contributed by atoms with van der Waals surface area (Å²) in [7, 11) is 2.21. The maximum atomic E-state index is 5.95. The molecule has 2 unspecified atom stereocenters. The van der Waals surface area contributed by atoms with Crippen LogP contribution < -0.4 is 5.32 Å². The van der Waals surface area contributed by atoms with Crippen LogP contribution >= 0.6 is 11.6 Å². The molecule has 0 fully saturated rings. The van der Waals surface area contributed by atoms with Gasteiger partial charge in [0, 0.05) is 23.7 Å². The van der Waals surface area contributed by atoms with Crippen molar-refractivity contribution in [3.05, 3.63) is 34.9 Å². The van der Waals surface area contributed by atoms with Crippen molar-refractivity contribution in [1.82, 2.24) is 10.2 Å². The molecule has 0 amide bonds. The van der Waals surface area contributed by atoms with Crippen LogP contribution in [0.15, 0.2) is 24.3 Å². The summed E-state index contributed by atoms with van der Waals surface area (Å²) in [4.78, 5) is 2.45. The summed E-state index contributed by atoms with van der Waals surface area (Å²) in [5.74, 6) is 0. The van der Waals surface area contributed by atoms with E-state index < -0.39 is 0 Å². The average Bonchev–Trinajstić information content (AvgIpc) is 2.43. The highest BCUT2D eigenvalue weighted by Gasteiger charge is 2.19. The minimum Gasteiger partial charge on any atom is -0.315 e. The van der Waals surface area contributed by atoms with Gasteiger partial charge in [0.2, 0.25) is 0 Å². The van der Waals surface area contributed by atoms with Crippen LogP contribution in [-0.2, 0) is 0 Å². The van der Waals surface area contributed by atoms with E-state index in [-0.39, 0.29) is 0 Å². The van der Waals surface area contributed by atoms with Gasteiger partial charge >= 0.3 is 0 Å². The Morgan fingerprint density at radius 1 is 1.21 bits per heavy atom. The first-order chi connectivity index (χ1) is 9.10. The predicted molar refractivity (Wildman–Crippen MR) is 84.9 cm³/mol. The van der Waals surface area contributed by atoms with Crippen LogP contribution in [0.4, 0.5) is 0 Å². The molecule has 0 spiro atoms. The SMILES string of the molecule is CCCNCC(CC)N(C)C(C)c1ccc(Cl)cc1. The van der Waals surface area contributed by atoms with Crippen molar-refractivity contribution in [2.45, 2.75) is 45.7 Å². The molecule has 3 heteroatoms. The van der Waals surface area contributed by atoms with E-state index in [1.807, 2.05) is 12.1 Å². The number of halogens is 1. The zero-order valence-corrected chi connectivity index (χ0v) is 13.4. The Labute approximate surface area is 123 Å². The molecule has 1 aromatic rings. The Bertz CT molecular complexity index is 350. The molecule has 0 aliphatic heterocycles. The van der Waals surface area contributed by atoms with E-state index in [4.69, 9.17) is 11.6 Å². The second-order valence-corrected chi connectivity index (χ2v) is 5.60. The minimum atomic E-state index is 0.408. The summed E-state index contributed by atoms with van der Waals surface area (Å²) < 4.78 is 0. The van der Waals surface area contributed by atoms with Gasteiger partial charge in [-0.1, -0.05) is 37.6 Å². The standard InChI is InChI=1S/C16H27ClN2/c1-5-11-18-12-16(6-2)19(4)13(3)14-7-9-15(17)10-8-14/h7-10,13,16,18H,5-6,11-12H2,1-4H3. The second kappa shape index (κ2) is 8.57. The van der Waals surface area contributed by atoms with E-state index in [2.05, 4.69) is 50.2 Å². The van der Waals surface area contributed by atoms with Gasteiger partial charge in [0.15, 0.2) is 0 Å². The van der Waals surface area contributed by atoms with Crippen molar-refractivity contribution in [2.24, 2.45) is 0 Å². The van der Waals surface area contributed by atoms with Crippen LogP contribution in [0.5, 0.6) is 0 Å². The van der Waals surface area contributed by atoms with Gasteiger partial charge in [-0.3, -0.25) is 4.90 Å². The van der Waals surface area contributed by atoms with Gasteiger partial charge in [-0.15, -0.1) is 0 Å². The van der Waals surface area contributed by atoms with Gasteiger partial charge in [-0.05, 0) is 51.1 Å². The smallest absolute Gasteiger partial charge is 0.0406 e. The van der Waals surface area contributed by atoms with Crippen LogP contribution in [0.3, 0.4) is 0 Å². The number of nitrogens with zero attached hydrogens (tertiary/aromatic N) is 1. The van der Waals surface area contributed by atoms with Crippen molar-refractivity contribution in [1.29, 1.82) is 0 Å². The number of hydrogen-bond acceptors (Lipinski definition) is 2. The summed E-state index contributed by atoms with van der Waals surface area (Å²) in [5.41, 5.74) is 1.32. The third-order valence-corrected chi connectivity index (χ3v) is 4.07. The highest BCUT2D eigenvalue weighted by atomic mass is 35.5. The zero-order chi connectivity index (χ0) is 14.3. The molecule has 0 aliphatic carbocycles. The number of nitrogens with one attached hydrogen (secondary N) is 1. The first kappa shape index (κ1) is 16.5. The quantitative estimate of drug-likeness (QED) is 0.722. The molecule has 0 aromatic heterocycles. The lowest BCUT2D eigenvalue weighted by molar-refractivity contribution is 0.176. The largest absolute Gasteiger partial charge is 0.315 e. The molecule has 108 valence electrons. The van der Waals surface area contributed by atoms with Crippen molar-refractivity contribution in [3.8, 4) is 0 Å². The van der Waals surface area contributed by atoms with Gasteiger partial charge in [0.25, 0.3) is 0 Å². The van der Waals surface area contributed by atoms with Crippen LogP contribution in [0, 0.1) is 0 Å². The minimum absolute atomic E-state index is 0.408. The molecule has 1 N–H and O–H groups in total. The highest BCUT2D eigenvalue weighted by Crippen LogP contribution is 2.23. The molecule has 0 bridgehead atoms. The summed E-state index contributed by atoms with van der Waals surface area (Å²) in [6.45, 7) is 8.86. The first-order valence-corrected chi connectivity index (χ1v) is 7.66. The fourth-order valence-electron chi connectivity index (χ4n) is 2.31. The molecule has 19 heavy (non-hydrogen) atoms. The molecule has 1 rings (SSSR count). The van der Waals surface area contributed by atoms with E-state index in [9.17, 15) is 0 Å². The molecular formula is C16H27ClN2. The molecule has 0 aliphatic rings. The molecule has 2 atom stereocenters. The summed E-state index contributed by atoms with van der Waals surface area (Å²) in [6.07, 6.45) is 2.35. The van der Waals surface area contributed by atoms with E-state index >= 15 is 0 Å². The Balaban J connectivity index is 2.62. The highest BCUT2D eigenvalue weighted by molar-refractivity contribution is 6.30. The van der Waals surface area contributed by atoms with Crippen molar-refractivity contribution in [3.63, 3.8) is 0 Å². The van der Waals surface area contributed by atoms with Crippen molar-refractivity contribution < 1.29 is 0 Å². The maximum Gasteiger partial charge on any atom is 0.0406 e. The van der Waals surface area contributed by atoms with E-state index in [0.29, 0.717) is 12.1 Å². The zero-order valence-electron chi connectivity index (χ0n) is 12.6. The lowest BCUT2D eigenvalue weighted by atomic mass is 10.0. The van der Waals surface area contributed by atoms with E-state index in [0.717, 1.165) is 24.5 Å². The molecule has 0 saturated carbocycles. The van der Waals surface area contributed by atoms with Crippen LogP contribution in [-0.4, -0.2) is 31.1 Å². The van der Waals surface area contributed by atoms with Crippen LogP contribution in [0.25, 0.3) is 0 Å². The maximum absolute atomic E-state index is 5.95. The lowest BCUT2D eigenvalue weighted by Gasteiger charge is -2.33. The first-order valence-electron chi connectivity index (χ1n) is 7.28. The molecule has 1 aromatic carbocycles. The van der Waals surface area contributed by atoms with Crippen LogP contribution in [0.2, 0.25) is 5.02 Å². The fraction of sp³-hybridized carbons (Fsp3) is 0.625. The monoisotopic (exact) mass is 282 g/mol. The fourth-order valence-corrected chi connectivity index (χ4v) is 2.44. The number of benzene rings is 1. The Kier molecular flexibility index (Phi) is 7.44. The summed E-state index contributed by atoms with van der Waals surface area (Å²) in [6, 6.07) is 9.16. The topological polar surface area (TPSA) is 15.3 Å². The number of rotatable bonds is 8. The second-order valence-electron chi connectivity index (χ2n) is 5.16. The Hall–Kier alpha value is -0.570. The molecule has 0 radical (unpaired) electrons. The van der Waals surface area contributed by atoms with Gasteiger partial charge in [-0.25, -0.2) is 0 Å². The van der Waals surface area contributed by atoms with Gasteiger partial charge in [-0.2, -0.15) is 0 Å². The number of likely N-dealkylation sites (N-methyl/N-ethyl adjacent to an activating group) is 1. The predicted octanol–water partition coefficient (Wildman–Crippen LogP) is 4.11. The number of hydrogen-bond donors (Lipinski definition) is 1. The van der Waals surface area contributed by atoms with Crippen molar-refractivity contribution in [2.75, 3.05) is 20.1 Å². The molecular weight excluding hydrogens is 256 g/mol. The third kappa shape index (κ3) is 5.13. The van der Waals surface area contributed by atoms with E-state index in [1.165, 1.54) is 12.0 Å². The molecule has 0 heterocycles. The van der Waals surface area contributed by atoms with Gasteiger partial charge in [0.1, 0.15) is 0 Å².